The van der Waals surface area contributed by atoms with Crippen LogP contribution in [-0.4, -0.2) is 114 Å². The van der Waals surface area contributed by atoms with Crippen molar-refractivity contribution in [1.29, 1.82) is 0 Å². The summed E-state index contributed by atoms with van der Waals surface area (Å²) in [5.41, 5.74) is -0.423. The van der Waals surface area contributed by atoms with E-state index in [9.17, 15) is 10.2 Å². The number of nitrogens with zero attached hydrogens (tertiary/aromatic N) is 2. The molecule has 8 fully saturated rings. The monoisotopic (exact) mass is 701 g/mol. The number of ether oxygens (including phenoxy) is 4. The van der Waals surface area contributed by atoms with Crippen molar-refractivity contribution in [2.45, 2.75) is 169 Å². The number of hydrogen-bond donors (Lipinski definition) is 2. The first-order valence-corrected chi connectivity index (χ1v) is 20.9. The average Bonchev–Trinajstić information content (AvgIpc) is 3.67. The number of fused-ring (bicyclic) bond motifs is 4. The molecule has 8 nitrogen and oxygen atoms in total. The lowest BCUT2D eigenvalue weighted by atomic mass is 9.41. The second kappa shape index (κ2) is 12.3. The normalized spacial score (nSPS) is 51.3. The molecule has 8 heteroatoms. The van der Waals surface area contributed by atoms with Gasteiger partial charge in [0.1, 0.15) is 6.10 Å². The number of hydrogen-bond acceptors (Lipinski definition) is 8. The number of aliphatic hydroxyl groups excluding tert-OH is 1. The van der Waals surface area contributed by atoms with Crippen LogP contribution in [0, 0.1) is 50.7 Å². The van der Waals surface area contributed by atoms with Crippen LogP contribution in [0.3, 0.4) is 0 Å². The maximum absolute atomic E-state index is 12.6. The zero-order chi connectivity index (χ0) is 35.6. The molecular formula is C42H72N2O6. The fourth-order valence-corrected chi connectivity index (χ4v) is 15.1. The number of aliphatic hydroxyl groups is 2. The van der Waals surface area contributed by atoms with E-state index in [2.05, 4.69) is 51.3 Å². The van der Waals surface area contributed by atoms with Crippen LogP contribution >= 0.6 is 0 Å². The van der Waals surface area contributed by atoms with Gasteiger partial charge in [-0.15, -0.1) is 0 Å². The predicted molar refractivity (Wildman–Crippen MR) is 195 cm³/mol. The van der Waals surface area contributed by atoms with Crippen LogP contribution in [-0.2, 0) is 18.9 Å². The molecule has 0 aromatic carbocycles. The van der Waals surface area contributed by atoms with Gasteiger partial charge < -0.3 is 34.1 Å². The Kier molecular flexibility index (Phi) is 9.05. The van der Waals surface area contributed by atoms with Crippen molar-refractivity contribution in [1.82, 2.24) is 9.80 Å². The highest BCUT2D eigenvalue weighted by Gasteiger charge is 2.84. The summed E-state index contributed by atoms with van der Waals surface area (Å²) in [6, 6.07) is 0.537. The lowest BCUT2D eigenvalue weighted by molar-refractivity contribution is -0.251. The van der Waals surface area contributed by atoms with Crippen molar-refractivity contribution in [2.75, 3.05) is 45.9 Å². The predicted octanol–water partition coefficient (Wildman–Crippen LogP) is 6.11. The Bertz CT molecular complexity index is 1270. The molecule has 8 rings (SSSR count). The van der Waals surface area contributed by atoms with E-state index in [0.717, 1.165) is 39.1 Å². The first-order valence-electron chi connectivity index (χ1n) is 20.9. The topological polar surface area (TPSA) is 83.9 Å². The molecule has 0 aromatic rings. The summed E-state index contributed by atoms with van der Waals surface area (Å²) >= 11 is 0. The number of likely N-dealkylation sites (tertiary alicyclic amines) is 1. The first-order chi connectivity index (χ1) is 23.5. The Morgan fingerprint density at radius 1 is 0.980 bits per heavy atom. The van der Waals surface area contributed by atoms with E-state index in [0.29, 0.717) is 47.2 Å². The quantitative estimate of drug-likeness (QED) is 0.298. The molecule has 0 radical (unpaired) electrons. The zero-order valence-corrected chi connectivity index (χ0v) is 33.1. The Morgan fingerprint density at radius 3 is 2.38 bits per heavy atom. The van der Waals surface area contributed by atoms with E-state index in [1.54, 1.807) is 0 Å². The number of rotatable bonds is 9. The Balaban J connectivity index is 0.993. The van der Waals surface area contributed by atoms with E-state index in [-0.39, 0.29) is 40.8 Å². The molecule has 8 aliphatic rings. The lowest BCUT2D eigenvalue weighted by Gasteiger charge is -2.64. The highest BCUT2D eigenvalue weighted by Crippen LogP contribution is 2.89. The van der Waals surface area contributed by atoms with Crippen molar-refractivity contribution in [3.05, 3.63) is 0 Å². The second-order valence-corrected chi connectivity index (χ2v) is 20.5. The molecule has 5 saturated carbocycles. The van der Waals surface area contributed by atoms with Gasteiger partial charge in [0.2, 0.25) is 0 Å². The van der Waals surface area contributed by atoms with E-state index in [4.69, 9.17) is 18.9 Å². The highest BCUT2D eigenvalue weighted by molar-refractivity contribution is 5.33. The third kappa shape index (κ3) is 5.10. The van der Waals surface area contributed by atoms with Crippen LogP contribution in [0.1, 0.15) is 120 Å². The summed E-state index contributed by atoms with van der Waals surface area (Å²) in [5.74, 6) is 1.86. The van der Waals surface area contributed by atoms with Gasteiger partial charge in [0, 0.05) is 37.7 Å². The third-order valence-corrected chi connectivity index (χ3v) is 17.6. The summed E-state index contributed by atoms with van der Waals surface area (Å²) in [5, 5.41) is 23.7. The molecule has 3 aliphatic heterocycles. The van der Waals surface area contributed by atoms with Crippen LogP contribution in [0.2, 0.25) is 0 Å². The Morgan fingerprint density at radius 2 is 1.70 bits per heavy atom. The standard InChI is InChI=1S/C42H72N2O6/c1-10-47-36(38(6,7)46)28-22-26(2)33-34(49-28)35(45)40(9)30-13-12-29-37(4,5)31(14-15-41(29)25-42(30,41)17-16-39(33,40)8)50-32-24-44(20-21-48-32)27(3)23-43-18-11-19-43/h26-36,45-46H,10-25H2,1-9H3/t26-,27-,28-,29+,30+,31+,32+,33+,34+,35+,36+,39-,40-,41-,42+/m1/s1. The van der Waals surface area contributed by atoms with E-state index >= 15 is 0 Å². The minimum atomic E-state index is -1.01. The van der Waals surface area contributed by atoms with E-state index in [1.165, 1.54) is 58.0 Å². The molecule has 3 heterocycles. The van der Waals surface area contributed by atoms with Crippen LogP contribution < -0.4 is 0 Å². The van der Waals surface area contributed by atoms with Gasteiger partial charge >= 0.3 is 0 Å². The third-order valence-electron chi connectivity index (χ3n) is 17.6. The second-order valence-electron chi connectivity index (χ2n) is 20.5. The largest absolute Gasteiger partial charge is 0.390 e. The van der Waals surface area contributed by atoms with Crippen LogP contribution in [0.25, 0.3) is 0 Å². The highest BCUT2D eigenvalue weighted by atomic mass is 16.7. The van der Waals surface area contributed by atoms with Crippen LogP contribution in [0.4, 0.5) is 0 Å². The summed E-state index contributed by atoms with van der Waals surface area (Å²) in [6.07, 6.45) is 9.50. The van der Waals surface area contributed by atoms with Crippen molar-refractivity contribution in [2.24, 2.45) is 50.7 Å². The van der Waals surface area contributed by atoms with Crippen LogP contribution in [0.15, 0.2) is 0 Å². The zero-order valence-electron chi connectivity index (χ0n) is 33.1. The van der Waals surface area contributed by atoms with Crippen LogP contribution in [0.5, 0.6) is 0 Å². The van der Waals surface area contributed by atoms with Gasteiger partial charge in [0.25, 0.3) is 0 Å². The van der Waals surface area contributed by atoms with Gasteiger partial charge in [-0.2, -0.15) is 0 Å². The van der Waals surface area contributed by atoms with Gasteiger partial charge in [-0.05, 0) is 144 Å². The average molecular weight is 701 g/mol. The smallest absolute Gasteiger partial charge is 0.170 e. The first kappa shape index (κ1) is 36.6. The molecule has 0 amide bonds. The lowest BCUT2D eigenvalue weighted by Crippen LogP contribution is -2.60. The molecule has 15 atom stereocenters. The van der Waals surface area contributed by atoms with Crippen molar-refractivity contribution >= 4 is 0 Å². The Labute approximate surface area is 303 Å². The molecule has 286 valence electrons. The minimum absolute atomic E-state index is 0.0245. The SMILES string of the molecule is CCO[C@@H]([C@H]1C[C@@H](C)[C@H]2[C@H](O1)[C@H](O)[C@@]1(C)[C@@H]3CC[C@H]4C(C)(C)[C@@H](O[C@H]5CN([C@H](C)CN6CCC6)CCO5)CC[C@@]45C[C@@]35CC[C@]21C)C(C)(C)O. The molecular weight excluding hydrogens is 628 g/mol. The summed E-state index contributed by atoms with van der Waals surface area (Å²) in [6.45, 7) is 27.3. The van der Waals surface area contributed by atoms with E-state index in [1.807, 2.05) is 20.8 Å². The maximum Gasteiger partial charge on any atom is 0.170 e. The summed E-state index contributed by atoms with van der Waals surface area (Å²) < 4.78 is 26.5. The molecule has 2 N–H and O–H groups in total. The van der Waals surface area contributed by atoms with Gasteiger partial charge in [-0.1, -0.05) is 34.6 Å². The van der Waals surface area contributed by atoms with Gasteiger partial charge in [0.05, 0.1) is 36.6 Å². The van der Waals surface area contributed by atoms with Gasteiger partial charge in [0.15, 0.2) is 6.29 Å². The van der Waals surface area contributed by atoms with E-state index < -0.39 is 17.8 Å². The fraction of sp³-hybridized carbons (Fsp3) is 1.00. The molecule has 0 unspecified atom stereocenters. The Hall–Kier alpha value is -0.320. The molecule has 0 bridgehead atoms. The fourth-order valence-electron chi connectivity index (χ4n) is 15.1. The molecule has 2 spiro atoms. The molecule has 50 heavy (non-hydrogen) atoms. The molecule has 5 aliphatic carbocycles. The van der Waals surface area contributed by atoms with Gasteiger partial charge in [-0.3, -0.25) is 4.90 Å². The van der Waals surface area contributed by atoms with Crippen molar-refractivity contribution < 1.29 is 29.2 Å². The minimum Gasteiger partial charge on any atom is -0.390 e. The van der Waals surface area contributed by atoms with Crippen molar-refractivity contribution in [3.8, 4) is 0 Å². The molecule has 3 saturated heterocycles. The maximum atomic E-state index is 12.6. The summed E-state index contributed by atoms with van der Waals surface area (Å²) in [4.78, 5) is 5.18. The summed E-state index contributed by atoms with van der Waals surface area (Å²) in [7, 11) is 0. The van der Waals surface area contributed by atoms with Gasteiger partial charge in [-0.25, -0.2) is 0 Å². The molecule has 0 aromatic heterocycles. The van der Waals surface area contributed by atoms with Crippen molar-refractivity contribution in [3.63, 3.8) is 0 Å². The number of morpholine rings is 1.